The maximum atomic E-state index is 12.5. The Hall–Kier alpha value is -4.46. The molecule has 1 amide bonds. The van der Waals surface area contributed by atoms with Crippen LogP contribution in [0.4, 0.5) is 17.2 Å². The molecule has 30 heavy (non-hydrogen) atoms. The summed E-state index contributed by atoms with van der Waals surface area (Å²) in [6.07, 6.45) is 10.4. The summed E-state index contributed by atoms with van der Waals surface area (Å²) in [6, 6.07) is 17.0. The molecule has 4 heterocycles. The molecule has 0 spiro atoms. The minimum absolute atomic E-state index is 0.153. The van der Waals surface area contributed by atoms with Crippen LogP contribution in [0.2, 0.25) is 0 Å². The predicted molar refractivity (Wildman–Crippen MR) is 114 cm³/mol. The van der Waals surface area contributed by atoms with Gasteiger partial charge in [0, 0.05) is 47.7 Å². The molecule has 0 aliphatic carbocycles. The molecule has 5 rings (SSSR count). The number of fused-ring (bicyclic) bond motifs is 1. The minimum atomic E-state index is -0.153. The maximum absolute atomic E-state index is 12.5. The quantitative estimate of drug-likeness (QED) is 0.471. The van der Waals surface area contributed by atoms with E-state index in [9.17, 15) is 4.79 Å². The van der Waals surface area contributed by atoms with Crippen molar-refractivity contribution in [1.29, 1.82) is 0 Å². The molecular weight excluding hydrogens is 378 g/mol. The van der Waals surface area contributed by atoms with Gasteiger partial charge in [-0.15, -0.1) is 0 Å². The number of benzene rings is 1. The first-order valence-electron chi connectivity index (χ1n) is 9.30. The van der Waals surface area contributed by atoms with Crippen LogP contribution in [0.5, 0.6) is 0 Å². The highest BCUT2D eigenvalue weighted by Gasteiger charge is 2.09. The Bertz CT molecular complexity index is 1270. The highest BCUT2D eigenvalue weighted by Crippen LogP contribution is 2.19. The number of nitrogens with one attached hydrogen (secondary N) is 2. The van der Waals surface area contributed by atoms with E-state index < -0.39 is 0 Å². The van der Waals surface area contributed by atoms with Gasteiger partial charge in [-0.1, -0.05) is 6.07 Å². The van der Waals surface area contributed by atoms with Crippen molar-refractivity contribution in [2.75, 3.05) is 10.6 Å². The van der Waals surface area contributed by atoms with Crippen LogP contribution in [0.15, 0.2) is 92.0 Å². The molecular formula is C22H17N7O. The van der Waals surface area contributed by atoms with Gasteiger partial charge in [-0.25, -0.2) is 15.0 Å². The molecule has 0 unspecified atom stereocenters. The Kier molecular flexibility index (Phi) is 4.41. The van der Waals surface area contributed by atoms with Gasteiger partial charge in [-0.05, 0) is 42.5 Å². The van der Waals surface area contributed by atoms with Crippen LogP contribution in [0, 0.1) is 0 Å². The molecule has 1 aromatic carbocycles. The molecule has 0 saturated carbocycles. The van der Waals surface area contributed by atoms with Crippen molar-refractivity contribution in [2.24, 2.45) is 0 Å². The number of imidazole rings is 1. The van der Waals surface area contributed by atoms with E-state index in [-0.39, 0.29) is 5.91 Å². The molecule has 0 aliphatic rings. The fourth-order valence-electron chi connectivity index (χ4n) is 3.12. The average Bonchev–Trinajstić information content (AvgIpc) is 3.45. The number of hydrogen-bond donors (Lipinski definition) is 2. The van der Waals surface area contributed by atoms with Crippen LogP contribution < -0.4 is 10.6 Å². The van der Waals surface area contributed by atoms with Crippen LogP contribution in [-0.2, 0) is 0 Å². The molecule has 0 fully saturated rings. The van der Waals surface area contributed by atoms with E-state index in [2.05, 4.69) is 25.6 Å². The number of aromatic nitrogens is 5. The third-order valence-electron chi connectivity index (χ3n) is 4.60. The van der Waals surface area contributed by atoms with Gasteiger partial charge in [0.25, 0.3) is 5.91 Å². The van der Waals surface area contributed by atoms with Gasteiger partial charge < -0.3 is 15.0 Å². The third kappa shape index (κ3) is 3.61. The first-order chi connectivity index (χ1) is 14.7. The molecule has 0 aliphatic heterocycles. The Labute approximate surface area is 171 Å². The van der Waals surface area contributed by atoms with Gasteiger partial charge in [0.15, 0.2) is 0 Å². The van der Waals surface area contributed by atoms with Crippen molar-refractivity contribution in [3.8, 4) is 5.82 Å². The Balaban J connectivity index is 1.27. The molecule has 0 radical (unpaired) electrons. The Morgan fingerprint density at radius 2 is 1.80 bits per heavy atom. The van der Waals surface area contributed by atoms with E-state index in [1.54, 1.807) is 17.1 Å². The van der Waals surface area contributed by atoms with E-state index in [0.717, 1.165) is 11.2 Å². The SMILES string of the molecule is O=C(Nc1ccc(Nc2cc(-n3ccnc3)ncn2)cc1)c1cc2ccccn2c1. The normalized spacial score (nSPS) is 10.8. The fraction of sp³-hybridized carbons (Fsp3) is 0. The summed E-state index contributed by atoms with van der Waals surface area (Å²) in [4.78, 5) is 25.1. The standard InChI is InChI=1S/C22H17N7O/c30-22(16-11-19-3-1-2-9-28(19)13-16)27-18-6-4-17(5-7-18)26-20-12-21(25-14-24-20)29-10-8-23-15-29/h1-15H,(H,27,30)(H,24,25,26). The van der Waals surface area contributed by atoms with E-state index in [4.69, 9.17) is 0 Å². The maximum Gasteiger partial charge on any atom is 0.257 e. The Morgan fingerprint density at radius 1 is 0.933 bits per heavy atom. The third-order valence-corrected chi connectivity index (χ3v) is 4.60. The van der Waals surface area contributed by atoms with Crippen molar-refractivity contribution in [3.63, 3.8) is 0 Å². The highest BCUT2D eigenvalue weighted by atomic mass is 16.1. The van der Waals surface area contributed by atoms with Gasteiger partial charge in [0.05, 0.1) is 5.56 Å². The molecule has 4 aromatic heterocycles. The Morgan fingerprint density at radius 3 is 2.60 bits per heavy atom. The number of hydrogen-bond acceptors (Lipinski definition) is 5. The molecule has 2 N–H and O–H groups in total. The minimum Gasteiger partial charge on any atom is -0.340 e. The van der Waals surface area contributed by atoms with Crippen molar-refractivity contribution in [3.05, 3.63) is 97.6 Å². The molecule has 8 nitrogen and oxygen atoms in total. The number of anilines is 3. The summed E-state index contributed by atoms with van der Waals surface area (Å²) in [5.41, 5.74) is 3.14. The smallest absolute Gasteiger partial charge is 0.257 e. The van der Waals surface area contributed by atoms with Crippen LogP contribution in [-0.4, -0.2) is 29.8 Å². The number of carbonyl (C=O) groups excluding carboxylic acids is 1. The number of nitrogens with zero attached hydrogens (tertiary/aromatic N) is 5. The van der Waals surface area contributed by atoms with E-state index >= 15 is 0 Å². The molecule has 8 heteroatoms. The average molecular weight is 395 g/mol. The fourth-order valence-corrected chi connectivity index (χ4v) is 3.12. The predicted octanol–water partition coefficient (Wildman–Crippen LogP) is 3.91. The number of pyridine rings is 1. The number of rotatable bonds is 5. The van der Waals surface area contributed by atoms with Crippen molar-refractivity contribution in [1.82, 2.24) is 23.9 Å². The lowest BCUT2D eigenvalue weighted by Crippen LogP contribution is -2.10. The summed E-state index contributed by atoms with van der Waals surface area (Å²) < 4.78 is 3.72. The second-order valence-electron chi connectivity index (χ2n) is 6.65. The van der Waals surface area contributed by atoms with Crippen LogP contribution >= 0.6 is 0 Å². The lowest BCUT2D eigenvalue weighted by Gasteiger charge is -2.09. The summed E-state index contributed by atoms with van der Waals surface area (Å²) in [5, 5.41) is 6.16. The lowest BCUT2D eigenvalue weighted by atomic mass is 10.2. The zero-order chi connectivity index (χ0) is 20.3. The lowest BCUT2D eigenvalue weighted by molar-refractivity contribution is 0.102. The van der Waals surface area contributed by atoms with Gasteiger partial charge >= 0.3 is 0 Å². The topological polar surface area (TPSA) is 89.1 Å². The van der Waals surface area contributed by atoms with Gasteiger partial charge in [0.2, 0.25) is 0 Å². The number of carbonyl (C=O) groups is 1. The van der Waals surface area contributed by atoms with Gasteiger partial charge in [-0.3, -0.25) is 9.36 Å². The molecule has 0 atom stereocenters. The van der Waals surface area contributed by atoms with Crippen molar-refractivity contribution < 1.29 is 4.79 Å². The number of amides is 1. The monoisotopic (exact) mass is 395 g/mol. The van der Waals surface area contributed by atoms with Gasteiger partial charge in [-0.2, -0.15) is 0 Å². The summed E-state index contributed by atoms with van der Waals surface area (Å²) >= 11 is 0. The largest absolute Gasteiger partial charge is 0.340 e. The van der Waals surface area contributed by atoms with Crippen molar-refractivity contribution >= 4 is 28.6 Å². The highest BCUT2D eigenvalue weighted by molar-refractivity contribution is 6.05. The molecule has 0 bridgehead atoms. The van der Waals surface area contributed by atoms with Crippen LogP contribution in [0.25, 0.3) is 11.3 Å². The van der Waals surface area contributed by atoms with E-state index in [1.807, 2.05) is 77.6 Å². The second kappa shape index (κ2) is 7.51. The zero-order valence-corrected chi connectivity index (χ0v) is 15.8. The zero-order valence-electron chi connectivity index (χ0n) is 15.8. The summed E-state index contributed by atoms with van der Waals surface area (Å²) in [7, 11) is 0. The first-order valence-corrected chi connectivity index (χ1v) is 9.30. The van der Waals surface area contributed by atoms with Gasteiger partial charge in [0.1, 0.15) is 24.3 Å². The molecule has 5 aromatic rings. The summed E-state index contributed by atoms with van der Waals surface area (Å²) in [5.74, 6) is 1.22. The van der Waals surface area contributed by atoms with E-state index in [0.29, 0.717) is 22.9 Å². The second-order valence-corrected chi connectivity index (χ2v) is 6.65. The molecule has 0 saturated heterocycles. The first kappa shape index (κ1) is 17.6. The van der Waals surface area contributed by atoms with E-state index in [1.165, 1.54) is 6.33 Å². The van der Waals surface area contributed by atoms with Crippen LogP contribution in [0.3, 0.4) is 0 Å². The molecule has 146 valence electrons. The summed E-state index contributed by atoms with van der Waals surface area (Å²) in [6.45, 7) is 0. The van der Waals surface area contributed by atoms with Crippen LogP contribution in [0.1, 0.15) is 10.4 Å². The van der Waals surface area contributed by atoms with Crippen molar-refractivity contribution in [2.45, 2.75) is 0 Å².